The molecule has 1 fully saturated rings. The van der Waals surface area contributed by atoms with Crippen LogP contribution < -0.4 is 10.1 Å². The third-order valence-electron chi connectivity index (χ3n) is 5.25. The van der Waals surface area contributed by atoms with Gasteiger partial charge < -0.3 is 10.1 Å². The van der Waals surface area contributed by atoms with Crippen LogP contribution in [0.2, 0.25) is 0 Å². The van der Waals surface area contributed by atoms with Gasteiger partial charge in [0.25, 0.3) is 0 Å². The van der Waals surface area contributed by atoms with Crippen molar-refractivity contribution in [2.75, 3.05) is 6.54 Å². The average Bonchev–Trinajstić information content (AvgIpc) is 3.32. The Hall–Kier alpha value is -2.83. The fraction of sp³-hybridized carbons (Fsp3) is 0.476. The summed E-state index contributed by atoms with van der Waals surface area (Å²) in [5.41, 5.74) is 3.78. The summed E-state index contributed by atoms with van der Waals surface area (Å²) in [6.07, 6.45) is 6.35. The Balaban J connectivity index is 1.71. The van der Waals surface area contributed by atoms with Gasteiger partial charge in [-0.3, -0.25) is 9.48 Å². The quantitative estimate of drug-likeness (QED) is 0.753. The molecule has 1 aliphatic rings. The summed E-state index contributed by atoms with van der Waals surface area (Å²) in [4.78, 5) is 11.6. The zero-order valence-electron chi connectivity index (χ0n) is 17.1. The van der Waals surface area contributed by atoms with Gasteiger partial charge in [-0.05, 0) is 46.8 Å². The molecule has 7 nitrogen and oxygen atoms in total. The van der Waals surface area contributed by atoms with Gasteiger partial charge in [0, 0.05) is 42.4 Å². The Kier molecular flexibility index (Phi) is 4.40. The predicted molar refractivity (Wildman–Crippen MR) is 107 cm³/mol. The van der Waals surface area contributed by atoms with Crippen molar-refractivity contribution in [3.05, 3.63) is 36.4 Å². The van der Waals surface area contributed by atoms with E-state index in [1.165, 1.54) is 0 Å². The molecule has 3 aromatic rings. The molecule has 4 heterocycles. The van der Waals surface area contributed by atoms with Gasteiger partial charge in [-0.1, -0.05) is 0 Å². The second-order valence-electron chi connectivity index (χ2n) is 8.64. The summed E-state index contributed by atoms with van der Waals surface area (Å²) in [5.74, 6) is 1.03. The Morgan fingerprint density at radius 1 is 1.25 bits per heavy atom. The Bertz CT molecular complexity index is 1030. The molecule has 4 rings (SSSR count). The maximum absolute atomic E-state index is 11.6. The van der Waals surface area contributed by atoms with E-state index in [2.05, 4.69) is 36.3 Å². The lowest BCUT2D eigenvalue weighted by Gasteiger charge is -2.20. The molecular formula is C21H27N5O2. The summed E-state index contributed by atoms with van der Waals surface area (Å²) in [5, 5.41) is 12.0. The number of ether oxygens (including phenoxy) is 1. The zero-order chi connectivity index (χ0) is 20.1. The summed E-state index contributed by atoms with van der Waals surface area (Å²) in [6, 6.07) is 4.06. The molecule has 0 aliphatic carbocycles. The van der Waals surface area contributed by atoms with Crippen molar-refractivity contribution < 1.29 is 9.53 Å². The number of nitrogens with one attached hydrogen (secondary N) is 1. The van der Waals surface area contributed by atoms with E-state index in [4.69, 9.17) is 4.74 Å². The molecule has 0 radical (unpaired) electrons. The van der Waals surface area contributed by atoms with E-state index >= 15 is 0 Å². The third kappa shape index (κ3) is 3.48. The van der Waals surface area contributed by atoms with Crippen LogP contribution in [0.25, 0.3) is 16.6 Å². The molecule has 2 atom stereocenters. The van der Waals surface area contributed by atoms with Crippen LogP contribution in [0.15, 0.2) is 30.7 Å². The van der Waals surface area contributed by atoms with Gasteiger partial charge in [-0.25, -0.2) is 4.52 Å². The second-order valence-corrected chi connectivity index (χ2v) is 8.64. The van der Waals surface area contributed by atoms with Crippen LogP contribution in [0.1, 0.15) is 39.8 Å². The highest BCUT2D eigenvalue weighted by Gasteiger charge is 2.28. The topological polar surface area (TPSA) is 73.5 Å². The van der Waals surface area contributed by atoms with E-state index in [1.807, 2.05) is 53.8 Å². The largest absolute Gasteiger partial charge is 0.488 e. The third-order valence-corrected chi connectivity index (χ3v) is 5.25. The number of carbonyl (C=O) groups is 1. The van der Waals surface area contributed by atoms with E-state index in [-0.39, 0.29) is 23.5 Å². The molecule has 3 aromatic heterocycles. The fourth-order valence-electron chi connectivity index (χ4n) is 3.53. The standard InChI is InChI=1S/C21H27N5O2/c1-13-6-18-19(28-14(2)15-8-20(27)22-9-15)7-16(11-25(18)24-13)17-10-23-26(12-17)21(3,4)5/h6-7,10-12,14-15H,8-9H2,1-5H3,(H,22,27). The first kappa shape index (κ1) is 18.5. The van der Waals surface area contributed by atoms with Crippen LogP contribution in [0.3, 0.4) is 0 Å². The number of pyridine rings is 1. The molecule has 1 N–H and O–H groups in total. The van der Waals surface area contributed by atoms with Crippen LogP contribution in [-0.4, -0.2) is 38.0 Å². The van der Waals surface area contributed by atoms with E-state index in [9.17, 15) is 4.79 Å². The summed E-state index contributed by atoms with van der Waals surface area (Å²) in [7, 11) is 0. The van der Waals surface area contributed by atoms with Crippen LogP contribution in [0.5, 0.6) is 5.75 Å². The maximum atomic E-state index is 11.6. The second kappa shape index (κ2) is 6.65. The van der Waals surface area contributed by atoms with Gasteiger partial charge in [0.1, 0.15) is 17.4 Å². The minimum Gasteiger partial charge on any atom is -0.488 e. The first-order chi connectivity index (χ1) is 13.2. The highest BCUT2D eigenvalue weighted by atomic mass is 16.5. The molecule has 7 heteroatoms. The fourth-order valence-corrected chi connectivity index (χ4v) is 3.53. The normalized spacial score (nSPS) is 18.5. The van der Waals surface area contributed by atoms with E-state index < -0.39 is 0 Å². The SMILES string of the molecule is Cc1cc2c(OC(C)C3CNC(=O)C3)cc(-c3cnn(C(C)(C)C)c3)cn2n1. The van der Waals surface area contributed by atoms with Crippen LogP contribution in [-0.2, 0) is 10.3 Å². The predicted octanol–water partition coefficient (Wildman–Crippen LogP) is 3.16. The number of carbonyl (C=O) groups excluding carboxylic acids is 1. The molecule has 28 heavy (non-hydrogen) atoms. The zero-order valence-corrected chi connectivity index (χ0v) is 17.1. The van der Waals surface area contributed by atoms with Crippen LogP contribution >= 0.6 is 0 Å². The minimum absolute atomic E-state index is 0.0782. The molecule has 0 spiro atoms. The van der Waals surface area contributed by atoms with Gasteiger partial charge in [0.05, 0.1) is 17.4 Å². The first-order valence-corrected chi connectivity index (χ1v) is 9.69. The summed E-state index contributed by atoms with van der Waals surface area (Å²) in [6.45, 7) is 11.0. The van der Waals surface area contributed by atoms with Gasteiger partial charge in [-0.15, -0.1) is 0 Å². The van der Waals surface area contributed by atoms with Crippen LogP contribution in [0, 0.1) is 12.8 Å². The number of aryl methyl sites for hydroxylation is 1. The molecule has 0 bridgehead atoms. The number of nitrogens with zero attached hydrogens (tertiary/aromatic N) is 4. The van der Waals surface area contributed by atoms with Crippen molar-refractivity contribution in [1.29, 1.82) is 0 Å². The number of rotatable bonds is 4. The molecule has 0 aromatic carbocycles. The molecule has 148 valence electrons. The summed E-state index contributed by atoms with van der Waals surface area (Å²) >= 11 is 0. The lowest BCUT2D eigenvalue weighted by molar-refractivity contribution is -0.119. The van der Waals surface area contributed by atoms with E-state index in [1.54, 1.807) is 0 Å². The van der Waals surface area contributed by atoms with Crippen LogP contribution in [0.4, 0.5) is 0 Å². The van der Waals surface area contributed by atoms with Crippen molar-refractivity contribution >= 4 is 11.4 Å². The van der Waals surface area contributed by atoms with Crippen molar-refractivity contribution in [2.45, 2.75) is 52.7 Å². The molecule has 1 saturated heterocycles. The lowest BCUT2D eigenvalue weighted by atomic mass is 10.0. The monoisotopic (exact) mass is 381 g/mol. The minimum atomic E-state index is -0.0828. The first-order valence-electron chi connectivity index (χ1n) is 9.69. The number of aromatic nitrogens is 4. The Morgan fingerprint density at radius 3 is 2.68 bits per heavy atom. The molecule has 0 saturated carbocycles. The van der Waals surface area contributed by atoms with Crippen molar-refractivity contribution in [3.8, 4) is 16.9 Å². The number of amides is 1. The molecule has 1 aliphatic heterocycles. The number of fused-ring (bicyclic) bond motifs is 1. The van der Waals surface area contributed by atoms with Crippen molar-refractivity contribution in [2.24, 2.45) is 5.92 Å². The number of hydrogen-bond acceptors (Lipinski definition) is 4. The highest BCUT2D eigenvalue weighted by Crippen LogP contribution is 2.31. The van der Waals surface area contributed by atoms with E-state index in [0.29, 0.717) is 13.0 Å². The summed E-state index contributed by atoms with van der Waals surface area (Å²) < 4.78 is 10.1. The van der Waals surface area contributed by atoms with Gasteiger partial charge >= 0.3 is 0 Å². The maximum Gasteiger partial charge on any atom is 0.220 e. The smallest absolute Gasteiger partial charge is 0.220 e. The van der Waals surface area contributed by atoms with Gasteiger partial charge in [0.2, 0.25) is 5.91 Å². The molecular weight excluding hydrogens is 354 g/mol. The van der Waals surface area contributed by atoms with Gasteiger partial charge in [-0.2, -0.15) is 10.2 Å². The van der Waals surface area contributed by atoms with Gasteiger partial charge in [0.15, 0.2) is 0 Å². The lowest BCUT2D eigenvalue weighted by Crippen LogP contribution is -2.25. The Labute approximate surface area is 164 Å². The average molecular weight is 381 g/mol. The number of hydrogen-bond donors (Lipinski definition) is 1. The van der Waals surface area contributed by atoms with Crippen molar-refractivity contribution in [1.82, 2.24) is 24.7 Å². The van der Waals surface area contributed by atoms with Crippen molar-refractivity contribution in [3.63, 3.8) is 0 Å². The Morgan fingerprint density at radius 2 is 2.04 bits per heavy atom. The highest BCUT2D eigenvalue weighted by molar-refractivity contribution is 5.78. The van der Waals surface area contributed by atoms with E-state index in [0.717, 1.165) is 28.1 Å². The molecule has 1 amide bonds. The molecule has 2 unspecified atom stereocenters.